The minimum atomic E-state index is -1.31. The number of aliphatic carboxylic acids is 1. The zero-order valence-corrected chi connectivity index (χ0v) is 13.0. The molecular formula is C11H24O2Si2. The Kier molecular flexibility index (Phi) is 4.55. The molecule has 1 N–H and O–H groups in total. The summed E-state index contributed by atoms with van der Waals surface area (Å²) in [5, 5.41) is 9.45. The van der Waals surface area contributed by atoms with E-state index in [0.717, 1.165) is 0 Å². The van der Waals surface area contributed by atoms with Crippen molar-refractivity contribution in [3.8, 4) is 0 Å². The average molecular weight is 244 g/mol. The van der Waals surface area contributed by atoms with Crippen molar-refractivity contribution in [3.63, 3.8) is 0 Å². The van der Waals surface area contributed by atoms with E-state index in [1.165, 1.54) is 0 Å². The van der Waals surface area contributed by atoms with Crippen molar-refractivity contribution in [2.75, 3.05) is 0 Å². The molecule has 0 saturated heterocycles. The second kappa shape index (κ2) is 4.66. The fourth-order valence-electron chi connectivity index (χ4n) is 2.12. The molecule has 0 aliphatic rings. The summed E-state index contributed by atoms with van der Waals surface area (Å²) in [5.74, 6) is -0.781. The molecule has 15 heavy (non-hydrogen) atoms. The maximum absolute atomic E-state index is 10.9. The molecule has 0 rings (SSSR count). The van der Waals surface area contributed by atoms with Gasteiger partial charge in [0.05, 0.1) is 0 Å². The topological polar surface area (TPSA) is 37.3 Å². The number of carbonyl (C=O) groups is 1. The number of rotatable bonds is 4. The van der Waals surface area contributed by atoms with Crippen LogP contribution in [0.25, 0.3) is 0 Å². The molecule has 0 fully saturated rings. The molecule has 0 atom stereocenters. The first kappa shape index (κ1) is 14.6. The fraction of sp³-hybridized carbons (Fsp3) is 0.727. The summed E-state index contributed by atoms with van der Waals surface area (Å²) < 4.78 is 0. The molecule has 0 aromatic rings. The highest BCUT2D eigenvalue weighted by Crippen LogP contribution is 2.34. The van der Waals surface area contributed by atoms with Crippen molar-refractivity contribution in [2.24, 2.45) is 0 Å². The Hall–Kier alpha value is -0.356. The van der Waals surface area contributed by atoms with Crippen LogP contribution in [0.15, 0.2) is 11.6 Å². The van der Waals surface area contributed by atoms with Crippen LogP contribution in [0, 0.1) is 0 Å². The minimum absolute atomic E-state index is 0.504. The van der Waals surface area contributed by atoms with Crippen molar-refractivity contribution in [1.82, 2.24) is 0 Å². The van der Waals surface area contributed by atoms with Gasteiger partial charge in [-0.05, 0) is 12.1 Å². The van der Waals surface area contributed by atoms with Crippen LogP contribution in [0.5, 0.6) is 0 Å². The van der Waals surface area contributed by atoms with Crippen LogP contribution >= 0.6 is 0 Å². The SMILES string of the molecule is CC(=CC([Si](C)(C)C)[Si](C)(C)C)C(=O)O. The molecule has 0 aliphatic carbocycles. The zero-order valence-electron chi connectivity index (χ0n) is 11.0. The third-order valence-corrected chi connectivity index (χ3v) is 11.9. The first-order chi connectivity index (χ1) is 6.46. The summed E-state index contributed by atoms with van der Waals surface area (Å²) >= 11 is 0. The van der Waals surface area contributed by atoms with Gasteiger partial charge in [-0.25, -0.2) is 4.79 Å². The second-order valence-electron chi connectivity index (χ2n) is 6.36. The summed E-state index contributed by atoms with van der Waals surface area (Å²) in [4.78, 5) is 10.9. The van der Waals surface area contributed by atoms with E-state index in [9.17, 15) is 4.79 Å². The van der Waals surface area contributed by atoms with Gasteiger partial charge in [-0.2, -0.15) is 0 Å². The first-order valence-corrected chi connectivity index (χ1v) is 12.5. The summed E-state index contributed by atoms with van der Waals surface area (Å²) in [5.41, 5.74) is 0.504. The Balaban J connectivity index is 5.17. The van der Waals surface area contributed by atoms with Gasteiger partial charge in [0.15, 0.2) is 0 Å². The monoisotopic (exact) mass is 244 g/mol. The number of carboxylic acids is 1. The fourth-order valence-corrected chi connectivity index (χ4v) is 14.0. The average Bonchev–Trinajstić information content (AvgIpc) is 1.94. The molecular weight excluding hydrogens is 220 g/mol. The highest BCUT2D eigenvalue weighted by atomic mass is 28.4. The van der Waals surface area contributed by atoms with Gasteiger partial charge in [0, 0.05) is 21.7 Å². The summed E-state index contributed by atoms with van der Waals surface area (Å²) in [6.45, 7) is 15.6. The highest BCUT2D eigenvalue weighted by Gasteiger charge is 2.36. The largest absolute Gasteiger partial charge is 0.478 e. The van der Waals surface area contributed by atoms with E-state index >= 15 is 0 Å². The quantitative estimate of drug-likeness (QED) is 0.606. The zero-order chi connectivity index (χ0) is 12.4. The first-order valence-electron chi connectivity index (χ1n) is 5.38. The van der Waals surface area contributed by atoms with Gasteiger partial charge < -0.3 is 5.11 Å². The van der Waals surface area contributed by atoms with Crippen molar-refractivity contribution >= 4 is 22.1 Å². The van der Waals surface area contributed by atoms with Crippen LogP contribution in [-0.4, -0.2) is 27.2 Å². The summed E-state index contributed by atoms with van der Waals surface area (Å²) in [6, 6.07) is 0. The Bertz CT molecular complexity index is 255. The Labute approximate surface area is 95.4 Å². The van der Waals surface area contributed by atoms with Crippen LogP contribution in [-0.2, 0) is 4.79 Å². The van der Waals surface area contributed by atoms with Gasteiger partial charge in [0.1, 0.15) is 0 Å². The lowest BCUT2D eigenvalue weighted by molar-refractivity contribution is -0.132. The van der Waals surface area contributed by atoms with Crippen molar-refractivity contribution in [2.45, 2.75) is 51.4 Å². The van der Waals surface area contributed by atoms with Gasteiger partial charge in [-0.1, -0.05) is 45.4 Å². The molecule has 0 aromatic heterocycles. The normalized spacial score (nSPS) is 14.5. The van der Waals surface area contributed by atoms with Crippen LogP contribution in [0.4, 0.5) is 0 Å². The van der Waals surface area contributed by atoms with Crippen molar-refractivity contribution in [1.29, 1.82) is 0 Å². The summed E-state index contributed by atoms with van der Waals surface area (Å²) in [7, 11) is -2.62. The number of hydrogen-bond acceptors (Lipinski definition) is 1. The van der Waals surface area contributed by atoms with E-state index in [1.54, 1.807) is 6.92 Å². The Morgan fingerprint density at radius 3 is 1.60 bits per heavy atom. The Morgan fingerprint density at radius 2 is 1.40 bits per heavy atom. The predicted molar refractivity (Wildman–Crippen MR) is 71.8 cm³/mol. The standard InChI is InChI=1S/C11H24O2Si2/c1-9(11(12)13)8-10(14(2,3)4)15(5,6)7/h8,10H,1-7H3,(H,12,13). The number of allylic oxidation sites excluding steroid dienone is 1. The molecule has 0 unspecified atom stereocenters. The van der Waals surface area contributed by atoms with Gasteiger partial charge in [0.2, 0.25) is 0 Å². The van der Waals surface area contributed by atoms with E-state index in [-0.39, 0.29) is 0 Å². The van der Waals surface area contributed by atoms with E-state index in [2.05, 4.69) is 39.3 Å². The molecule has 88 valence electrons. The molecule has 0 amide bonds. The van der Waals surface area contributed by atoms with E-state index in [4.69, 9.17) is 5.11 Å². The van der Waals surface area contributed by atoms with Crippen molar-refractivity contribution < 1.29 is 9.90 Å². The molecule has 0 radical (unpaired) electrons. The maximum atomic E-state index is 10.9. The number of carboxylic acid groups (broad SMARTS) is 1. The highest BCUT2D eigenvalue weighted by molar-refractivity contribution is 6.97. The van der Waals surface area contributed by atoms with Gasteiger partial charge in [0.25, 0.3) is 0 Å². The molecule has 2 nitrogen and oxygen atoms in total. The van der Waals surface area contributed by atoms with Crippen LogP contribution in [0.3, 0.4) is 0 Å². The molecule has 0 bridgehead atoms. The smallest absolute Gasteiger partial charge is 0.330 e. The minimum Gasteiger partial charge on any atom is -0.478 e. The molecule has 0 saturated carbocycles. The third kappa shape index (κ3) is 4.79. The number of hydrogen-bond donors (Lipinski definition) is 1. The van der Waals surface area contributed by atoms with Gasteiger partial charge in [-0.3, -0.25) is 0 Å². The lowest BCUT2D eigenvalue weighted by Crippen LogP contribution is -2.43. The lowest BCUT2D eigenvalue weighted by atomic mass is 10.3. The van der Waals surface area contributed by atoms with Crippen LogP contribution in [0.1, 0.15) is 6.92 Å². The molecule has 0 heterocycles. The second-order valence-corrected chi connectivity index (χ2v) is 17.7. The third-order valence-electron chi connectivity index (χ3n) is 2.62. The molecule has 4 heteroatoms. The lowest BCUT2D eigenvalue weighted by Gasteiger charge is -2.36. The van der Waals surface area contributed by atoms with Crippen LogP contribution in [0.2, 0.25) is 44.4 Å². The summed E-state index contributed by atoms with van der Waals surface area (Å²) in [6.07, 6.45) is 2.01. The molecule has 0 aliphatic heterocycles. The molecule has 0 aromatic carbocycles. The van der Waals surface area contributed by atoms with Gasteiger partial charge in [-0.15, -0.1) is 0 Å². The Morgan fingerprint density at radius 1 is 1.07 bits per heavy atom. The van der Waals surface area contributed by atoms with E-state index < -0.39 is 22.1 Å². The maximum Gasteiger partial charge on any atom is 0.330 e. The predicted octanol–water partition coefficient (Wildman–Crippen LogP) is 3.60. The van der Waals surface area contributed by atoms with Gasteiger partial charge >= 0.3 is 5.97 Å². The molecule has 0 spiro atoms. The van der Waals surface area contributed by atoms with E-state index in [0.29, 0.717) is 10.7 Å². The van der Waals surface area contributed by atoms with Crippen LogP contribution < -0.4 is 0 Å². The van der Waals surface area contributed by atoms with Crippen molar-refractivity contribution in [3.05, 3.63) is 11.6 Å². The van der Waals surface area contributed by atoms with E-state index in [1.807, 2.05) is 6.08 Å².